The van der Waals surface area contributed by atoms with E-state index < -0.39 is 0 Å². The molecule has 120 valence electrons. The molecule has 0 radical (unpaired) electrons. The van der Waals surface area contributed by atoms with Crippen LogP contribution in [-0.2, 0) is 4.74 Å². The van der Waals surface area contributed by atoms with Gasteiger partial charge in [0.1, 0.15) is 5.82 Å². The highest BCUT2D eigenvalue weighted by Crippen LogP contribution is 2.16. The highest BCUT2D eigenvalue weighted by Gasteiger charge is 2.20. The van der Waals surface area contributed by atoms with Crippen LogP contribution >= 0.6 is 0 Å². The molecule has 6 nitrogen and oxygen atoms in total. The molecule has 0 bridgehead atoms. The number of nitrogens with zero attached hydrogens (tertiary/aromatic N) is 3. The third-order valence-corrected chi connectivity index (χ3v) is 4.28. The van der Waals surface area contributed by atoms with Gasteiger partial charge in [-0.05, 0) is 38.6 Å². The van der Waals surface area contributed by atoms with E-state index >= 15 is 0 Å². The van der Waals surface area contributed by atoms with Gasteiger partial charge in [-0.2, -0.15) is 0 Å². The fourth-order valence-corrected chi connectivity index (χ4v) is 3.08. The zero-order valence-electron chi connectivity index (χ0n) is 13.1. The Morgan fingerprint density at radius 3 is 2.95 bits per heavy atom. The third kappa shape index (κ3) is 3.75. The van der Waals surface area contributed by atoms with Gasteiger partial charge in [-0.1, -0.05) is 0 Å². The second kappa shape index (κ2) is 7.07. The van der Waals surface area contributed by atoms with E-state index in [1.165, 1.54) is 6.42 Å². The predicted octanol–water partition coefficient (Wildman–Crippen LogP) is 1.06. The summed E-state index contributed by atoms with van der Waals surface area (Å²) in [6.07, 6.45) is 4.05. The number of hydrogen-bond donors (Lipinski definition) is 1. The molecule has 2 aliphatic rings. The molecule has 0 aromatic carbocycles. The summed E-state index contributed by atoms with van der Waals surface area (Å²) in [7, 11) is 2.14. The maximum absolute atomic E-state index is 12.5. The van der Waals surface area contributed by atoms with Gasteiger partial charge in [0.05, 0.1) is 13.2 Å². The van der Waals surface area contributed by atoms with Gasteiger partial charge in [-0.15, -0.1) is 0 Å². The summed E-state index contributed by atoms with van der Waals surface area (Å²) >= 11 is 0. The number of aromatic nitrogens is 1. The lowest BCUT2D eigenvalue weighted by Gasteiger charge is -2.30. The van der Waals surface area contributed by atoms with Crippen molar-refractivity contribution in [1.29, 1.82) is 0 Å². The second-order valence-electron chi connectivity index (χ2n) is 6.08. The first kappa shape index (κ1) is 15.2. The molecule has 0 saturated carbocycles. The molecule has 22 heavy (non-hydrogen) atoms. The molecule has 2 saturated heterocycles. The van der Waals surface area contributed by atoms with Crippen LogP contribution < -0.4 is 5.32 Å². The van der Waals surface area contributed by atoms with Crippen molar-refractivity contribution in [3.63, 3.8) is 0 Å². The van der Waals surface area contributed by atoms with Gasteiger partial charge in [-0.3, -0.25) is 4.79 Å². The van der Waals surface area contributed by atoms with E-state index in [0.717, 1.165) is 25.3 Å². The molecular weight excluding hydrogens is 280 g/mol. The Hall–Kier alpha value is -1.66. The Morgan fingerprint density at radius 1 is 1.36 bits per heavy atom. The quantitative estimate of drug-likeness (QED) is 0.905. The van der Waals surface area contributed by atoms with Crippen molar-refractivity contribution in [2.24, 2.45) is 0 Å². The number of ether oxygens (including phenoxy) is 1. The van der Waals surface area contributed by atoms with Crippen molar-refractivity contribution in [3.8, 4) is 0 Å². The van der Waals surface area contributed by atoms with E-state index in [-0.39, 0.29) is 5.91 Å². The molecule has 1 aromatic rings. The molecule has 2 fully saturated rings. The molecule has 1 unspecified atom stereocenters. The minimum atomic E-state index is 0.0644. The number of amides is 1. The molecule has 0 spiro atoms. The zero-order chi connectivity index (χ0) is 15.4. The van der Waals surface area contributed by atoms with Crippen LogP contribution in [0.5, 0.6) is 0 Å². The van der Waals surface area contributed by atoms with Gasteiger partial charge >= 0.3 is 0 Å². The Balaban J connectivity index is 1.65. The van der Waals surface area contributed by atoms with Crippen LogP contribution in [0.15, 0.2) is 18.3 Å². The first-order valence-corrected chi connectivity index (χ1v) is 8.00. The van der Waals surface area contributed by atoms with E-state index in [9.17, 15) is 4.79 Å². The Labute approximate surface area is 131 Å². The van der Waals surface area contributed by atoms with Gasteiger partial charge in [0.15, 0.2) is 0 Å². The molecule has 3 heterocycles. The summed E-state index contributed by atoms with van der Waals surface area (Å²) < 4.78 is 5.30. The van der Waals surface area contributed by atoms with E-state index in [2.05, 4.69) is 22.2 Å². The largest absolute Gasteiger partial charge is 0.378 e. The van der Waals surface area contributed by atoms with Crippen LogP contribution in [0, 0.1) is 0 Å². The number of piperidine rings is 1. The van der Waals surface area contributed by atoms with Crippen LogP contribution in [-0.4, -0.2) is 73.2 Å². The summed E-state index contributed by atoms with van der Waals surface area (Å²) in [6.45, 7) is 4.74. The summed E-state index contributed by atoms with van der Waals surface area (Å²) in [5, 5.41) is 3.46. The Morgan fingerprint density at radius 2 is 2.18 bits per heavy atom. The highest BCUT2D eigenvalue weighted by molar-refractivity contribution is 5.94. The normalized spacial score (nSPS) is 23.3. The number of carbonyl (C=O) groups excluding carboxylic acids is 1. The van der Waals surface area contributed by atoms with E-state index in [1.54, 1.807) is 12.3 Å². The van der Waals surface area contributed by atoms with E-state index in [4.69, 9.17) is 4.74 Å². The fourth-order valence-electron chi connectivity index (χ4n) is 3.08. The molecule has 3 rings (SSSR count). The van der Waals surface area contributed by atoms with Gasteiger partial charge in [0.2, 0.25) is 0 Å². The topological polar surface area (TPSA) is 57.7 Å². The van der Waals surface area contributed by atoms with Crippen LogP contribution in [0.1, 0.15) is 23.2 Å². The van der Waals surface area contributed by atoms with E-state index in [0.29, 0.717) is 37.9 Å². The lowest BCUT2D eigenvalue weighted by atomic mass is 10.1. The SMILES string of the molecule is CN1CCCC(Nc2cc(C(=O)N3CCOCC3)ccn2)C1. The average molecular weight is 304 g/mol. The number of carbonyl (C=O) groups is 1. The van der Waals surface area contributed by atoms with Crippen molar-refractivity contribution < 1.29 is 9.53 Å². The molecule has 0 aliphatic carbocycles. The number of morpholine rings is 1. The molecule has 1 N–H and O–H groups in total. The Kier molecular flexibility index (Phi) is 4.90. The smallest absolute Gasteiger partial charge is 0.254 e. The third-order valence-electron chi connectivity index (χ3n) is 4.28. The molecular formula is C16H24N4O2. The first-order valence-electron chi connectivity index (χ1n) is 8.00. The number of anilines is 1. The van der Waals surface area contributed by atoms with E-state index in [1.807, 2.05) is 11.0 Å². The number of pyridine rings is 1. The van der Waals surface area contributed by atoms with Crippen molar-refractivity contribution in [3.05, 3.63) is 23.9 Å². The summed E-state index contributed by atoms with van der Waals surface area (Å²) in [5.74, 6) is 0.855. The van der Waals surface area contributed by atoms with Crippen molar-refractivity contribution in [2.75, 3.05) is 51.8 Å². The minimum Gasteiger partial charge on any atom is -0.378 e. The second-order valence-corrected chi connectivity index (χ2v) is 6.08. The van der Waals surface area contributed by atoms with Crippen molar-refractivity contribution in [1.82, 2.24) is 14.8 Å². The van der Waals surface area contributed by atoms with Crippen LogP contribution in [0.4, 0.5) is 5.82 Å². The number of nitrogens with one attached hydrogen (secondary N) is 1. The molecule has 6 heteroatoms. The number of likely N-dealkylation sites (tertiary alicyclic amines) is 1. The van der Waals surface area contributed by atoms with Crippen LogP contribution in [0.3, 0.4) is 0 Å². The van der Waals surface area contributed by atoms with Crippen molar-refractivity contribution >= 4 is 11.7 Å². The van der Waals surface area contributed by atoms with Crippen LogP contribution in [0.25, 0.3) is 0 Å². The monoisotopic (exact) mass is 304 g/mol. The molecule has 2 aliphatic heterocycles. The maximum atomic E-state index is 12.5. The number of rotatable bonds is 3. The lowest BCUT2D eigenvalue weighted by molar-refractivity contribution is 0.0303. The molecule has 1 aromatic heterocycles. The molecule has 1 amide bonds. The maximum Gasteiger partial charge on any atom is 0.254 e. The van der Waals surface area contributed by atoms with Gasteiger partial charge in [0, 0.05) is 37.4 Å². The first-order chi connectivity index (χ1) is 10.7. The summed E-state index contributed by atoms with van der Waals surface area (Å²) in [4.78, 5) is 21.0. The standard InChI is InChI=1S/C16H24N4O2/c1-19-6-2-3-14(12-19)18-15-11-13(4-5-17-15)16(21)20-7-9-22-10-8-20/h4-5,11,14H,2-3,6-10,12H2,1H3,(H,17,18). The van der Waals surface area contributed by atoms with Gasteiger partial charge < -0.3 is 19.9 Å². The van der Waals surface area contributed by atoms with Crippen LogP contribution in [0.2, 0.25) is 0 Å². The zero-order valence-corrected chi connectivity index (χ0v) is 13.1. The van der Waals surface area contributed by atoms with Gasteiger partial charge in [0.25, 0.3) is 5.91 Å². The lowest BCUT2D eigenvalue weighted by Crippen LogP contribution is -2.41. The highest BCUT2D eigenvalue weighted by atomic mass is 16.5. The summed E-state index contributed by atoms with van der Waals surface area (Å²) in [6, 6.07) is 4.06. The fraction of sp³-hybridized carbons (Fsp3) is 0.625. The number of likely N-dealkylation sites (N-methyl/N-ethyl adjacent to an activating group) is 1. The average Bonchev–Trinajstić information content (AvgIpc) is 2.55. The molecule has 1 atom stereocenters. The number of hydrogen-bond acceptors (Lipinski definition) is 5. The summed E-state index contributed by atoms with van der Waals surface area (Å²) in [5.41, 5.74) is 0.698. The minimum absolute atomic E-state index is 0.0644. The van der Waals surface area contributed by atoms with Crippen molar-refractivity contribution in [2.45, 2.75) is 18.9 Å². The van der Waals surface area contributed by atoms with Gasteiger partial charge in [-0.25, -0.2) is 4.98 Å². The Bertz CT molecular complexity index is 517. The predicted molar refractivity (Wildman–Crippen MR) is 85.1 cm³/mol.